The number of H-pyrrole nitrogens is 1. The molecule has 5 rings (SSSR count). The van der Waals surface area contributed by atoms with E-state index in [1.54, 1.807) is 6.33 Å². The molecule has 0 unspecified atom stereocenters. The molecule has 1 saturated heterocycles. The van der Waals surface area contributed by atoms with Crippen molar-refractivity contribution in [3.8, 4) is 22.6 Å². The second-order valence-corrected chi connectivity index (χ2v) is 7.25. The van der Waals surface area contributed by atoms with Crippen molar-refractivity contribution in [2.75, 3.05) is 18.0 Å². The number of anilines is 1. The minimum Gasteiger partial charge on any atom is -0.355 e. The number of rotatable bonds is 3. The first kappa shape index (κ1) is 16.8. The van der Waals surface area contributed by atoms with E-state index in [1.165, 1.54) is 6.42 Å². The van der Waals surface area contributed by atoms with Gasteiger partial charge in [0.2, 0.25) is 0 Å². The molecular formula is C19H21N9. The Morgan fingerprint density at radius 2 is 1.86 bits per heavy atom. The molecule has 1 fully saturated rings. The van der Waals surface area contributed by atoms with Gasteiger partial charge in [-0.25, -0.2) is 14.5 Å². The number of fused-ring (bicyclic) bond motifs is 1. The summed E-state index contributed by atoms with van der Waals surface area (Å²) < 4.78 is 1.85. The molecule has 1 aliphatic rings. The maximum absolute atomic E-state index is 4.82. The Kier molecular flexibility index (Phi) is 3.65. The number of aryl methyl sites for hydroxylation is 4. The number of aromatic nitrogens is 8. The maximum atomic E-state index is 4.82. The van der Waals surface area contributed by atoms with Crippen LogP contribution in [-0.4, -0.2) is 53.1 Å². The first-order valence-electron chi connectivity index (χ1n) is 9.36. The van der Waals surface area contributed by atoms with Crippen LogP contribution in [-0.2, 0) is 0 Å². The standard InChI is InChI=1S/C19H21N9/c1-10-8-14(25-23-11(10)2)15-12(3)24-26-16(15)17-18-19(27-6-5-7-27)20-9-21-28(18)13(4)22-17/h8-9H,5-7H2,1-4H3,(H,24,26). The van der Waals surface area contributed by atoms with E-state index in [1.807, 2.05) is 38.3 Å². The molecule has 1 N–H and O–H groups in total. The van der Waals surface area contributed by atoms with E-state index >= 15 is 0 Å². The van der Waals surface area contributed by atoms with Crippen LogP contribution in [0.15, 0.2) is 12.4 Å². The molecule has 0 aromatic carbocycles. The highest BCUT2D eigenvalue weighted by molar-refractivity contribution is 5.91. The van der Waals surface area contributed by atoms with Gasteiger partial charge >= 0.3 is 0 Å². The average Bonchev–Trinajstić information content (AvgIpc) is 3.17. The lowest BCUT2D eigenvalue weighted by molar-refractivity contribution is 0.608. The minimum atomic E-state index is 0.783. The molecule has 142 valence electrons. The zero-order chi connectivity index (χ0) is 19.4. The van der Waals surface area contributed by atoms with Crippen LogP contribution in [0.25, 0.3) is 28.2 Å². The quantitative estimate of drug-likeness (QED) is 0.587. The van der Waals surface area contributed by atoms with E-state index in [0.717, 1.165) is 69.8 Å². The van der Waals surface area contributed by atoms with Crippen molar-refractivity contribution in [2.24, 2.45) is 0 Å². The van der Waals surface area contributed by atoms with Gasteiger partial charge in [-0.2, -0.15) is 20.4 Å². The largest absolute Gasteiger partial charge is 0.355 e. The Labute approximate surface area is 161 Å². The fourth-order valence-electron chi connectivity index (χ4n) is 3.58. The van der Waals surface area contributed by atoms with Crippen LogP contribution in [0.1, 0.15) is 29.2 Å². The number of imidazole rings is 1. The van der Waals surface area contributed by atoms with Crippen LogP contribution >= 0.6 is 0 Å². The van der Waals surface area contributed by atoms with Crippen LogP contribution in [0.3, 0.4) is 0 Å². The summed E-state index contributed by atoms with van der Waals surface area (Å²) in [7, 11) is 0. The molecule has 4 aromatic rings. The number of nitrogens with zero attached hydrogens (tertiary/aromatic N) is 8. The predicted octanol–water partition coefficient (Wildman–Crippen LogP) is 2.42. The SMILES string of the molecule is Cc1cc(-c2c(C)n[nH]c2-c2nc(C)n3ncnc(N4CCC4)c23)nnc1C. The van der Waals surface area contributed by atoms with Gasteiger partial charge in [-0.1, -0.05) is 0 Å². The van der Waals surface area contributed by atoms with Gasteiger partial charge in [0, 0.05) is 13.1 Å². The molecule has 9 heteroatoms. The van der Waals surface area contributed by atoms with Gasteiger partial charge in [0.25, 0.3) is 0 Å². The van der Waals surface area contributed by atoms with E-state index in [4.69, 9.17) is 4.98 Å². The summed E-state index contributed by atoms with van der Waals surface area (Å²) in [5.41, 5.74) is 7.05. The van der Waals surface area contributed by atoms with Crippen LogP contribution < -0.4 is 4.90 Å². The van der Waals surface area contributed by atoms with E-state index < -0.39 is 0 Å². The second kappa shape index (κ2) is 6.08. The second-order valence-electron chi connectivity index (χ2n) is 7.25. The fourth-order valence-corrected chi connectivity index (χ4v) is 3.58. The normalized spacial score (nSPS) is 13.9. The maximum Gasteiger partial charge on any atom is 0.158 e. The monoisotopic (exact) mass is 375 g/mol. The van der Waals surface area contributed by atoms with Crippen LogP contribution in [0, 0.1) is 27.7 Å². The molecule has 0 aliphatic carbocycles. The van der Waals surface area contributed by atoms with E-state index in [2.05, 4.69) is 35.4 Å². The molecule has 0 radical (unpaired) electrons. The molecule has 0 saturated carbocycles. The van der Waals surface area contributed by atoms with E-state index in [0.29, 0.717) is 0 Å². The molecule has 28 heavy (non-hydrogen) atoms. The van der Waals surface area contributed by atoms with Crippen molar-refractivity contribution >= 4 is 11.3 Å². The van der Waals surface area contributed by atoms with Gasteiger partial charge in [0.1, 0.15) is 23.4 Å². The molecular weight excluding hydrogens is 354 g/mol. The summed E-state index contributed by atoms with van der Waals surface area (Å²) in [6.07, 6.45) is 2.76. The Hall–Kier alpha value is -3.36. The number of nitrogens with one attached hydrogen (secondary N) is 1. The van der Waals surface area contributed by atoms with Gasteiger partial charge in [0.15, 0.2) is 5.82 Å². The lowest BCUT2D eigenvalue weighted by Gasteiger charge is -2.32. The van der Waals surface area contributed by atoms with Crippen molar-refractivity contribution < 1.29 is 0 Å². The molecule has 5 heterocycles. The molecule has 0 bridgehead atoms. The third-order valence-electron chi connectivity index (χ3n) is 5.40. The highest BCUT2D eigenvalue weighted by atomic mass is 15.3. The Bertz CT molecular complexity index is 1200. The van der Waals surface area contributed by atoms with Crippen molar-refractivity contribution in [1.29, 1.82) is 0 Å². The zero-order valence-corrected chi connectivity index (χ0v) is 16.4. The van der Waals surface area contributed by atoms with Crippen molar-refractivity contribution in [3.63, 3.8) is 0 Å². The summed E-state index contributed by atoms with van der Waals surface area (Å²) >= 11 is 0. The number of hydrogen-bond donors (Lipinski definition) is 1. The third kappa shape index (κ3) is 2.39. The number of hydrogen-bond acceptors (Lipinski definition) is 7. The van der Waals surface area contributed by atoms with Gasteiger partial charge in [0.05, 0.1) is 28.3 Å². The summed E-state index contributed by atoms with van der Waals surface area (Å²) in [5.74, 6) is 1.71. The summed E-state index contributed by atoms with van der Waals surface area (Å²) in [4.78, 5) is 11.6. The van der Waals surface area contributed by atoms with Crippen LogP contribution in [0.4, 0.5) is 5.82 Å². The Morgan fingerprint density at radius 3 is 2.57 bits per heavy atom. The highest BCUT2D eigenvalue weighted by Gasteiger charge is 2.27. The summed E-state index contributed by atoms with van der Waals surface area (Å²) in [6, 6.07) is 2.04. The fraction of sp³-hybridized carbons (Fsp3) is 0.368. The highest BCUT2D eigenvalue weighted by Crippen LogP contribution is 2.37. The summed E-state index contributed by atoms with van der Waals surface area (Å²) in [6.45, 7) is 9.89. The summed E-state index contributed by atoms with van der Waals surface area (Å²) in [5, 5.41) is 20.7. The molecule has 4 aromatic heterocycles. The first-order valence-corrected chi connectivity index (χ1v) is 9.36. The third-order valence-corrected chi connectivity index (χ3v) is 5.40. The van der Waals surface area contributed by atoms with E-state index in [9.17, 15) is 0 Å². The van der Waals surface area contributed by atoms with Crippen molar-refractivity contribution in [1.82, 2.24) is 40.0 Å². The van der Waals surface area contributed by atoms with Gasteiger partial charge in [-0.05, 0) is 45.7 Å². The minimum absolute atomic E-state index is 0.783. The Morgan fingerprint density at radius 1 is 1.04 bits per heavy atom. The van der Waals surface area contributed by atoms with Gasteiger partial charge in [-0.3, -0.25) is 5.10 Å². The van der Waals surface area contributed by atoms with Gasteiger partial charge in [-0.15, -0.1) is 0 Å². The molecule has 0 amide bonds. The lowest BCUT2D eigenvalue weighted by Crippen LogP contribution is -2.38. The molecule has 0 atom stereocenters. The average molecular weight is 375 g/mol. The van der Waals surface area contributed by atoms with E-state index in [-0.39, 0.29) is 0 Å². The van der Waals surface area contributed by atoms with Gasteiger partial charge < -0.3 is 4.90 Å². The molecule has 1 aliphatic heterocycles. The van der Waals surface area contributed by atoms with Crippen LogP contribution in [0.5, 0.6) is 0 Å². The van der Waals surface area contributed by atoms with Crippen LogP contribution in [0.2, 0.25) is 0 Å². The number of aromatic amines is 1. The molecule has 0 spiro atoms. The smallest absolute Gasteiger partial charge is 0.158 e. The topological polar surface area (TPSA) is 101 Å². The Balaban J connectivity index is 1.77. The van der Waals surface area contributed by atoms with Crippen molar-refractivity contribution in [3.05, 3.63) is 35.2 Å². The molecule has 9 nitrogen and oxygen atoms in total. The predicted molar refractivity (Wildman–Crippen MR) is 105 cm³/mol. The first-order chi connectivity index (χ1) is 13.5. The lowest BCUT2D eigenvalue weighted by atomic mass is 10.0. The van der Waals surface area contributed by atoms with Crippen molar-refractivity contribution in [2.45, 2.75) is 34.1 Å². The zero-order valence-electron chi connectivity index (χ0n) is 16.4.